The third kappa shape index (κ3) is 2.41. The van der Waals surface area contributed by atoms with Crippen molar-refractivity contribution in [3.8, 4) is 0 Å². The molecule has 0 aliphatic carbocycles. The molecule has 0 radical (unpaired) electrons. The van der Waals surface area contributed by atoms with Crippen molar-refractivity contribution in [1.29, 1.82) is 0 Å². The van der Waals surface area contributed by atoms with E-state index in [4.69, 9.17) is 0 Å². The van der Waals surface area contributed by atoms with Crippen LogP contribution in [0.15, 0.2) is 24.8 Å². The van der Waals surface area contributed by atoms with Crippen LogP contribution in [0, 0.1) is 0 Å². The second-order valence-electron chi connectivity index (χ2n) is 5.59. The first kappa shape index (κ1) is 13.2. The van der Waals surface area contributed by atoms with Gasteiger partial charge in [0.25, 0.3) is 0 Å². The van der Waals surface area contributed by atoms with Crippen LogP contribution < -0.4 is 10.6 Å². The Morgan fingerprint density at radius 2 is 2.23 bits per heavy atom. The molecule has 0 bridgehead atoms. The molecular formula is C14H18N8. The van der Waals surface area contributed by atoms with Crippen molar-refractivity contribution in [3.05, 3.63) is 24.8 Å². The van der Waals surface area contributed by atoms with Gasteiger partial charge in [-0.3, -0.25) is 4.68 Å². The van der Waals surface area contributed by atoms with E-state index >= 15 is 0 Å². The van der Waals surface area contributed by atoms with Gasteiger partial charge in [0.05, 0.1) is 29.5 Å². The summed E-state index contributed by atoms with van der Waals surface area (Å²) in [6.07, 6.45) is 9.56. The van der Waals surface area contributed by atoms with E-state index in [1.165, 1.54) is 0 Å². The Morgan fingerprint density at radius 3 is 3.00 bits per heavy atom. The fraction of sp³-hybridized carbons (Fsp3) is 0.429. The number of hydrogen-bond acceptors (Lipinski definition) is 6. The van der Waals surface area contributed by atoms with E-state index in [1.54, 1.807) is 17.1 Å². The highest BCUT2D eigenvalue weighted by Crippen LogP contribution is 2.22. The van der Waals surface area contributed by atoms with Crippen molar-refractivity contribution in [2.45, 2.75) is 18.9 Å². The van der Waals surface area contributed by atoms with Crippen LogP contribution in [-0.2, 0) is 7.05 Å². The van der Waals surface area contributed by atoms with E-state index in [-0.39, 0.29) is 0 Å². The smallest absolute Gasteiger partial charge is 0.229 e. The van der Waals surface area contributed by atoms with Crippen molar-refractivity contribution in [2.24, 2.45) is 7.05 Å². The van der Waals surface area contributed by atoms with Crippen LogP contribution in [0.2, 0.25) is 0 Å². The van der Waals surface area contributed by atoms with Gasteiger partial charge in [0.1, 0.15) is 0 Å². The Balaban J connectivity index is 1.66. The van der Waals surface area contributed by atoms with Crippen LogP contribution in [0.5, 0.6) is 0 Å². The van der Waals surface area contributed by atoms with Gasteiger partial charge in [0.15, 0.2) is 5.65 Å². The summed E-state index contributed by atoms with van der Waals surface area (Å²) in [5.74, 6) is 0.561. The van der Waals surface area contributed by atoms with Crippen LogP contribution in [-0.4, -0.2) is 42.6 Å². The SMILES string of the molecule is Cn1cc(Nc2ncc3cnn(C4CCCNC4)c3n2)cn1. The number of nitrogens with zero attached hydrogens (tertiary/aromatic N) is 6. The summed E-state index contributed by atoms with van der Waals surface area (Å²) < 4.78 is 3.75. The van der Waals surface area contributed by atoms with Gasteiger partial charge in [-0.25, -0.2) is 9.67 Å². The maximum atomic E-state index is 4.63. The molecule has 1 unspecified atom stereocenters. The molecule has 0 saturated carbocycles. The molecule has 114 valence electrons. The minimum absolute atomic E-state index is 0.354. The second kappa shape index (κ2) is 5.38. The molecule has 1 saturated heterocycles. The first-order chi connectivity index (χ1) is 10.8. The number of aryl methyl sites for hydroxylation is 1. The molecule has 8 nitrogen and oxygen atoms in total. The van der Waals surface area contributed by atoms with Crippen molar-refractivity contribution >= 4 is 22.7 Å². The van der Waals surface area contributed by atoms with Crippen LogP contribution in [0.25, 0.3) is 11.0 Å². The predicted molar refractivity (Wildman–Crippen MR) is 83.0 cm³/mol. The number of aromatic nitrogens is 6. The quantitative estimate of drug-likeness (QED) is 0.756. The molecule has 4 heterocycles. The Hall–Kier alpha value is -2.48. The molecule has 1 aliphatic heterocycles. The number of nitrogens with one attached hydrogen (secondary N) is 2. The maximum absolute atomic E-state index is 4.63. The lowest BCUT2D eigenvalue weighted by Gasteiger charge is -2.23. The summed E-state index contributed by atoms with van der Waals surface area (Å²) in [7, 11) is 1.88. The minimum Gasteiger partial charge on any atom is -0.321 e. The fourth-order valence-corrected chi connectivity index (χ4v) is 2.82. The Bertz CT molecular complexity index is 783. The summed E-state index contributed by atoms with van der Waals surface area (Å²) in [5, 5.41) is 16.2. The number of hydrogen-bond donors (Lipinski definition) is 2. The molecule has 0 aromatic carbocycles. The third-order valence-electron chi connectivity index (χ3n) is 3.91. The summed E-state index contributed by atoms with van der Waals surface area (Å²) >= 11 is 0. The number of fused-ring (bicyclic) bond motifs is 1. The van der Waals surface area contributed by atoms with Crippen molar-refractivity contribution in [3.63, 3.8) is 0 Å². The zero-order chi connectivity index (χ0) is 14.9. The lowest BCUT2D eigenvalue weighted by atomic mass is 10.1. The summed E-state index contributed by atoms with van der Waals surface area (Å²) in [6.45, 7) is 2.02. The molecule has 22 heavy (non-hydrogen) atoms. The van der Waals surface area contributed by atoms with Crippen LogP contribution in [0.4, 0.5) is 11.6 Å². The van der Waals surface area contributed by atoms with Crippen molar-refractivity contribution in [1.82, 2.24) is 34.8 Å². The normalized spacial score (nSPS) is 18.7. The van der Waals surface area contributed by atoms with Gasteiger partial charge in [0.2, 0.25) is 5.95 Å². The average molecular weight is 298 g/mol. The van der Waals surface area contributed by atoms with E-state index in [0.29, 0.717) is 12.0 Å². The maximum Gasteiger partial charge on any atom is 0.229 e. The van der Waals surface area contributed by atoms with Gasteiger partial charge in [0, 0.05) is 26.0 Å². The highest BCUT2D eigenvalue weighted by atomic mass is 15.3. The first-order valence-electron chi connectivity index (χ1n) is 7.46. The van der Waals surface area contributed by atoms with Gasteiger partial charge >= 0.3 is 0 Å². The lowest BCUT2D eigenvalue weighted by Crippen LogP contribution is -2.32. The van der Waals surface area contributed by atoms with Gasteiger partial charge in [-0.1, -0.05) is 0 Å². The zero-order valence-electron chi connectivity index (χ0n) is 12.4. The molecule has 0 spiro atoms. The monoisotopic (exact) mass is 298 g/mol. The highest BCUT2D eigenvalue weighted by molar-refractivity contribution is 5.75. The lowest BCUT2D eigenvalue weighted by molar-refractivity contribution is 0.353. The number of rotatable bonds is 3. The fourth-order valence-electron chi connectivity index (χ4n) is 2.82. The number of anilines is 2. The number of piperidine rings is 1. The highest BCUT2D eigenvalue weighted by Gasteiger charge is 2.18. The second-order valence-corrected chi connectivity index (χ2v) is 5.59. The molecule has 1 aliphatic rings. The van der Waals surface area contributed by atoms with Gasteiger partial charge in [-0.05, 0) is 19.4 Å². The minimum atomic E-state index is 0.354. The molecule has 1 atom stereocenters. The van der Waals surface area contributed by atoms with Crippen LogP contribution >= 0.6 is 0 Å². The van der Waals surface area contributed by atoms with Crippen LogP contribution in [0.3, 0.4) is 0 Å². The van der Waals surface area contributed by atoms with Crippen molar-refractivity contribution in [2.75, 3.05) is 18.4 Å². The van der Waals surface area contributed by atoms with E-state index in [9.17, 15) is 0 Å². The van der Waals surface area contributed by atoms with E-state index in [0.717, 1.165) is 42.7 Å². The molecule has 0 amide bonds. The molecule has 3 aromatic heterocycles. The third-order valence-corrected chi connectivity index (χ3v) is 3.91. The largest absolute Gasteiger partial charge is 0.321 e. The van der Waals surface area contributed by atoms with Gasteiger partial charge < -0.3 is 10.6 Å². The summed E-state index contributed by atoms with van der Waals surface area (Å²) in [4.78, 5) is 8.97. The molecule has 3 aromatic rings. The average Bonchev–Trinajstić information content (AvgIpc) is 3.14. The van der Waals surface area contributed by atoms with Gasteiger partial charge in [-0.2, -0.15) is 15.2 Å². The molecular weight excluding hydrogens is 280 g/mol. The Labute approximate surface area is 127 Å². The van der Waals surface area contributed by atoms with Crippen LogP contribution in [0.1, 0.15) is 18.9 Å². The molecule has 1 fully saturated rings. The van der Waals surface area contributed by atoms with E-state index in [1.807, 2.05) is 24.1 Å². The zero-order valence-corrected chi connectivity index (χ0v) is 12.4. The van der Waals surface area contributed by atoms with Gasteiger partial charge in [-0.15, -0.1) is 0 Å². The Morgan fingerprint density at radius 1 is 1.27 bits per heavy atom. The topological polar surface area (TPSA) is 85.5 Å². The molecule has 2 N–H and O–H groups in total. The predicted octanol–water partition coefficient (Wildman–Crippen LogP) is 1.23. The first-order valence-corrected chi connectivity index (χ1v) is 7.46. The molecule has 8 heteroatoms. The standard InChI is InChI=1S/C14H18N8/c1-21-9-11(7-17-21)19-14-16-5-10-6-18-22(13(10)20-14)12-3-2-4-15-8-12/h5-7,9,12,15H,2-4,8H2,1H3,(H,16,19,20). The summed E-state index contributed by atoms with van der Waals surface area (Å²) in [6, 6.07) is 0.354. The van der Waals surface area contributed by atoms with Crippen molar-refractivity contribution < 1.29 is 0 Å². The van der Waals surface area contributed by atoms with E-state index < -0.39 is 0 Å². The van der Waals surface area contributed by atoms with E-state index in [2.05, 4.69) is 30.8 Å². The molecule has 4 rings (SSSR count). The summed E-state index contributed by atoms with van der Waals surface area (Å²) in [5.41, 5.74) is 1.74. The Kier molecular flexibility index (Phi) is 3.23.